The number of anilines is 1. The molecular weight excluding hydrogens is 309 g/mol. The number of halogens is 1. The third-order valence-electron chi connectivity index (χ3n) is 4.23. The van der Waals surface area contributed by atoms with Crippen molar-refractivity contribution in [2.75, 3.05) is 11.9 Å². The Hall–Kier alpha value is -2.91. The Balaban J connectivity index is 1.80. The quantitative estimate of drug-likeness (QED) is 0.911. The molecule has 0 spiro atoms. The van der Waals surface area contributed by atoms with E-state index in [4.69, 9.17) is 0 Å². The average molecular weight is 325 g/mol. The first-order valence-corrected chi connectivity index (χ1v) is 7.56. The van der Waals surface area contributed by atoms with Crippen LogP contribution in [0.3, 0.4) is 0 Å². The lowest BCUT2D eigenvalue weighted by Crippen LogP contribution is -2.66. The molecule has 1 saturated heterocycles. The Morgan fingerprint density at radius 3 is 2.62 bits per heavy atom. The van der Waals surface area contributed by atoms with Gasteiger partial charge in [0.15, 0.2) is 0 Å². The molecule has 2 aromatic rings. The van der Waals surface area contributed by atoms with Gasteiger partial charge in [-0.3, -0.25) is 0 Å². The van der Waals surface area contributed by atoms with Crippen molar-refractivity contribution in [3.63, 3.8) is 0 Å². The van der Waals surface area contributed by atoms with Crippen molar-refractivity contribution in [2.45, 2.75) is 18.0 Å². The first-order valence-electron chi connectivity index (χ1n) is 7.56. The van der Waals surface area contributed by atoms with Crippen molar-refractivity contribution >= 4 is 11.7 Å². The molecule has 0 saturated carbocycles. The Bertz CT molecular complexity index is 775. The van der Waals surface area contributed by atoms with E-state index >= 15 is 0 Å². The molecule has 1 fully saturated rings. The van der Waals surface area contributed by atoms with E-state index in [9.17, 15) is 19.6 Å². The third kappa shape index (κ3) is 2.82. The molecule has 3 atom stereocenters. The number of hydrogen-bond donors (Lipinski definition) is 2. The molecule has 2 aromatic carbocycles. The second-order valence-electron chi connectivity index (χ2n) is 5.61. The zero-order chi connectivity index (χ0) is 17.1. The summed E-state index contributed by atoms with van der Waals surface area (Å²) in [5.41, 5.74) is 1.20. The van der Waals surface area contributed by atoms with Gasteiger partial charge in [-0.25, -0.2) is 9.18 Å². The van der Waals surface area contributed by atoms with Gasteiger partial charge < -0.3 is 15.3 Å². The fourth-order valence-corrected chi connectivity index (χ4v) is 3.12. The Morgan fingerprint density at radius 1 is 1.25 bits per heavy atom. The predicted molar refractivity (Wildman–Crippen MR) is 86.7 cm³/mol. The number of benzene rings is 2. The molecule has 2 amide bonds. The van der Waals surface area contributed by atoms with Gasteiger partial charge in [-0.2, -0.15) is 5.26 Å². The minimum atomic E-state index is -0.682. The summed E-state index contributed by atoms with van der Waals surface area (Å²) in [6.45, 7) is -0.256. The van der Waals surface area contributed by atoms with E-state index in [1.54, 1.807) is 6.07 Å². The Labute approximate surface area is 138 Å². The van der Waals surface area contributed by atoms with Crippen LogP contribution in [0, 0.1) is 17.1 Å². The number of carbonyl (C=O) groups is 1. The number of carbonyl (C=O) groups excluding carboxylic acids is 1. The van der Waals surface area contributed by atoms with E-state index < -0.39 is 23.9 Å². The van der Waals surface area contributed by atoms with Gasteiger partial charge in [0, 0.05) is 11.6 Å². The van der Waals surface area contributed by atoms with Crippen LogP contribution in [0.25, 0.3) is 0 Å². The lowest BCUT2D eigenvalue weighted by Gasteiger charge is -2.51. The fraction of sp³-hybridized carbons (Fsp3) is 0.222. The molecule has 3 rings (SSSR count). The van der Waals surface area contributed by atoms with Crippen LogP contribution in [-0.2, 0) is 0 Å². The smallest absolute Gasteiger partial charge is 0.323 e. The van der Waals surface area contributed by atoms with Gasteiger partial charge in [-0.15, -0.1) is 0 Å². The van der Waals surface area contributed by atoms with Gasteiger partial charge in [0.25, 0.3) is 0 Å². The maximum atomic E-state index is 13.2. The third-order valence-corrected chi connectivity index (χ3v) is 4.23. The Kier molecular flexibility index (Phi) is 4.45. The highest BCUT2D eigenvalue weighted by atomic mass is 19.1. The summed E-state index contributed by atoms with van der Waals surface area (Å²) in [5, 5.41) is 21.7. The van der Waals surface area contributed by atoms with Crippen molar-refractivity contribution in [2.24, 2.45) is 0 Å². The maximum absolute atomic E-state index is 13.2. The van der Waals surface area contributed by atoms with E-state index in [1.807, 2.05) is 30.3 Å². The molecule has 24 heavy (non-hydrogen) atoms. The van der Waals surface area contributed by atoms with Crippen molar-refractivity contribution < 1.29 is 14.3 Å². The molecule has 2 N–H and O–H groups in total. The summed E-state index contributed by atoms with van der Waals surface area (Å²) in [4.78, 5) is 13.8. The zero-order valence-corrected chi connectivity index (χ0v) is 12.8. The molecule has 122 valence electrons. The number of hydrogen-bond acceptors (Lipinski definition) is 3. The van der Waals surface area contributed by atoms with Crippen LogP contribution >= 0.6 is 0 Å². The predicted octanol–water partition coefficient (Wildman–Crippen LogP) is 2.71. The van der Waals surface area contributed by atoms with Gasteiger partial charge in [0.05, 0.1) is 18.7 Å². The summed E-state index contributed by atoms with van der Waals surface area (Å²) < 4.78 is 13.2. The molecule has 5 nitrogen and oxygen atoms in total. The molecule has 0 unspecified atom stereocenters. The number of nitrogens with zero attached hydrogens (tertiary/aromatic N) is 2. The highest BCUT2D eigenvalue weighted by Crippen LogP contribution is 2.40. The zero-order valence-electron chi connectivity index (χ0n) is 12.8. The van der Waals surface area contributed by atoms with Crippen LogP contribution < -0.4 is 5.32 Å². The molecule has 0 aromatic heterocycles. The van der Waals surface area contributed by atoms with Gasteiger partial charge in [-0.1, -0.05) is 36.4 Å². The van der Waals surface area contributed by atoms with Gasteiger partial charge in [-0.05, 0) is 23.8 Å². The molecule has 0 bridgehead atoms. The first kappa shape index (κ1) is 16.0. The number of nitrogens with one attached hydrogen (secondary N) is 1. The number of urea groups is 1. The fourth-order valence-electron chi connectivity index (χ4n) is 3.12. The van der Waals surface area contributed by atoms with E-state index in [0.29, 0.717) is 5.69 Å². The van der Waals surface area contributed by atoms with Crippen LogP contribution in [0.4, 0.5) is 14.9 Å². The van der Waals surface area contributed by atoms with E-state index in [-0.39, 0.29) is 12.5 Å². The minimum absolute atomic E-state index is 0.251. The van der Waals surface area contributed by atoms with Crippen molar-refractivity contribution in [3.8, 4) is 6.07 Å². The highest BCUT2D eigenvalue weighted by Gasteiger charge is 2.51. The molecule has 1 aliphatic heterocycles. The number of aliphatic hydroxyl groups excluding tert-OH is 1. The largest absolute Gasteiger partial charge is 0.394 e. The van der Waals surface area contributed by atoms with E-state index in [0.717, 1.165) is 5.56 Å². The first-order chi connectivity index (χ1) is 11.7. The second kappa shape index (κ2) is 6.69. The number of nitriles is 1. The summed E-state index contributed by atoms with van der Waals surface area (Å²) in [5.74, 6) is -0.714. The van der Waals surface area contributed by atoms with Gasteiger partial charge in [0.2, 0.25) is 0 Å². The van der Waals surface area contributed by atoms with Crippen LogP contribution in [-0.4, -0.2) is 34.7 Å². The Morgan fingerprint density at radius 2 is 2.00 bits per heavy atom. The monoisotopic (exact) mass is 325 g/mol. The summed E-state index contributed by atoms with van der Waals surface area (Å²) >= 11 is 0. The summed E-state index contributed by atoms with van der Waals surface area (Å²) in [6.07, 6.45) is 0. The SMILES string of the molecule is N#C[C@H]1[C@H](c2ccccc2)[C@H](CO)N1C(=O)Nc1cccc(F)c1. The van der Waals surface area contributed by atoms with Crippen LogP contribution in [0.15, 0.2) is 54.6 Å². The lowest BCUT2D eigenvalue weighted by atomic mass is 9.76. The van der Waals surface area contributed by atoms with Gasteiger partial charge >= 0.3 is 6.03 Å². The average Bonchev–Trinajstić information content (AvgIpc) is 2.55. The molecule has 0 radical (unpaired) electrons. The second-order valence-corrected chi connectivity index (χ2v) is 5.61. The molecule has 0 aliphatic carbocycles. The number of amides is 2. The van der Waals surface area contributed by atoms with Gasteiger partial charge in [0.1, 0.15) is 11.9 Å². The number of aliphatic hydroxyl groups is 1. The number of likely N-dealkylation sites (tertiary alicyclic amines) is 1. The lowest BCUT2D eigenvalue weighted by molar-refractivity contribution is 0.0224. The topological polar surface area (TPSA) is 76.4 Å². The van der Waals surface area contributed by atoms with Crippen LogP contribution in [0.1, 0.15) is 11.5 Å². The molecular formula is C18H16FN3O2. The van der Waals surface area contributed by atoms with Crippen LogP contribution in [0.2, 0.25) is 0 Å². The molecule has 6 heteroatoms. The minimum Gasteiger partial charge on any atom is -0.394 e. The normalized spacial score (nSPS) is 22.4. The highest BCUT2D eigenvalue weighted by molar-refractivity contribution is 5.91. The molecule has 1 heterocycles. The van der Waals surface area contributed by atoms with Crippen molar-refractivity contribution in [1.82, 2.24) is 4.90 Å². The summed E-state index contributed by atoms with van der Waals surface area (Å²) in [7, 11) is 0. The maximum Gasteiger partial charge on any atom is 0.323 e. The van der Waals surface area contributed by atoms with Crippen molar-refractivity contribution in [1.29, 1.82) is 5.26 Å². The van der Waals surface area contributed by atoms with E-state index in [2.05, 4.69) is 11.4 Å². The number of rotatable bonds is 3. The van der Waals surface area contributed by atoms with Crippen LogP contribution in [0.5, 0.6) is 0 Å². The summed E-state index contributed by atoms with van der Waals surface area (Å²) in [6, 6.07) is 15.3. The molecule has 1 aliphatic rings. The standard InChI is InChI=1S/C18H16FN3O2/c19-13-7-4-8-14(9-13)21-18(24)22-15(10-20)17(16(22)11-23)12-5-2-1-3-6-12/h1-9,15-17,23H,11H2,(H,21,24)/t15-,16-,17-/m0/s1. The van der Waals surface area contributed by atoms with Crippen molar-refractivity contribution in [3.05, 3.63) is 66.0 Å². The van der Waals surface area contributed by atoms with E-state index in [1.165, 1.54) is 23.1 Å².